The zero-order valence-electron chi connectivity index (χ0n) is 17.4. The summed E-state index contributed by atoms with van der Waals surface area (Å²) in [6, 6.07) is 13.2. The molecule has 31 heavy (non-hydrogen) atoms. The van der Waals surface area contributed by atoms with Crippen LogP contribution in [0, 0.1) is 6.92 Å². The fraction of sp³-hybridized carbons (Fsp3) is 0.348. The summed E-state index contributed by atoms with van der Waals surface area (Å²) in [5.74, 6) is -0.00903. The standard InChI is InChI=1S/C23H25N5O3/c1-15-14-16(6-7-19(15)27-13-10-24-22(27)30)21(29)26-11-8-17(9-12-26)28-20-5-3-2-4-18(20)25-23(28)31/h2-7,14,17H,8-13H2,1H3,(H,24,30)(H,25,31). The molecule has 8 nitrogen and oxygen atoms in total. The molecule has 0 unspecified atom stereocenters. The Hall–Kier alpha value is -3.55. The molecule has 5 rings (SSSR count). The number of anilines is 1. The van der Waals surface area contributed by atoms with Gasteiger partial charge in [0.05, 0.1) is 11.0 Å². The van der Waals surface area contributed by atoms with Gasteiger partial charge in [0.2, 0.25) is 0 Å². The smallest absolute Gasteiger partial charge is 0.326 e. The SMILES string of the molecule is Cc1cc(C(=O)N2CCC(n3c(=O)[nH]c4ccccc43)CC2)ccc1N1CCNC1=O. The maximum atomic E-state index is 13.1. The molecule has 3 aromatic rings. The molecular formula is C23H25N5O3. The number of piperidine rings is 1. The van der Waals surface area contributed by atoms with Gasteiger partial charge in [0.25, 0.3) is 5.91 Å². The number of H-pyrrole nitrogens is 1. The van der Waals surface area contributed by atoms with Gasteiger partial charge < -0.3 is 15.2 Å². The van der Waals surface area contributed by atoms with E-state index in [4.69, 9.17) is 0 Å². The lowest BCUT2D eigenvalue weighted by Gasteiger charge is -2.32. The average molecular weight is 419 g/mol. The first-order valence-electron chi connectivity index (χ1n) is 10.7. The summed E-state index contributed by atoms with van der Waals surface area (Å²) in [4.78, 5) is 44.0. The highest BCUT2D eigenvalue weighted by molar-refractivity contribution is 5.98. The minimum atomic E-state index is -0.100. The molecule has 2 aliphatic heterocycles. The molecule has 2 fully saturated rings. The van der Waals surface area contributed by atoms with Crippen molar-refractivity contribution < 1.29 is 9.59 Å². The predicted molar refractivity (Wildman–Crippen MR) is 119 cm³/mol. The molecule has 2 saturated heterocycles. The number of fused-ring (bicyclic) bond motifs is 1. The van der Waals surface area contributed by atoms with Crippen molar-refractivity contribution in [2.24, 2.45) is 0 Å². The Morgan fingerprint density at radius 1 is 1.03 bits per heavy atom. The number of aromatic nitrogens is 2. The second-order valence-electron chi connectivity index (χ2n) is 8.23. The minimum absolute atomic E-state index is 0.00903. The Labute approximate surface area is 179 Å². The number of hydrogen-bond acceptors (Lipinski definition) is 3. The highest BCUT2D eigenvalue weighted by Gasteiger charge is 2.28. The monoisotopic (exact) mass is 419 g/mol. The lowest BCUT2D eigenvalue weighted by molar-refractivity contribution is 0.0695. The summed E-state index contributed by atoms with van der Waals surface area (Å²) in [5, 5.41) is 2.80. The molecule has 8 heteroatoms. The average Bonchev–Trinajstić information content (AvgIpc) is 3.35. The molecule has 0 radical (unpaired) electrons. The highest BCUT2D eigenvalue weighted by atomic mass is 16.2. The van der Waals surface area contributed by atoms with Crippen LogP contribution in [0.1, 0.15) is 34.8 Å². The fourth-order valence-electron chi connectivity index (χ4n) is 4.74. The number of imidazole rings is 1. The van der Waals surface area contributed by atoms with Crippen LogP contribution in [0.2, 0.25) is 0 Å². The number of nitrogens with one attached hydrogen (secondary N) is 2. The largest absolute Gasteiger partial charge is 0.338 e. The Bertz CT molecular complexity index is 1220. The number of para-hydroxylation sites is 2. The van der Waals surface area contributed by atoms with E-state index in [1.807, 2.05) is 52.8 Å². The number of amides is 3. The third-order valence-electron chi connectivity index (χ3n) is 6.33. The Morgan fingerprint density at radius 3 is 2.52 bits per heavy atom. The van der Waals surface area contributed by atoms with Crippen LogP contribution in [0.5, 0.6) is 0 Å². The molecule has 160 valence electrons. The molecule has 0 saturated carbocycles. The van der Waals surface area contributed by atoms with Crippen molar-refractivity contribution in [2.45, 2.75) is 25.8 Å². The van der Waals surface area contributed by atoms with Crippen LogP contribution in [-0.2, 0) is 0 Å². The highest BCUT2D eigenvalue weighted by Crippen LogP contribution is 2.27. The number of aromatic amines is 1. The van der Waals surface area contributed by atoms with Gasteiger partial charge in [-0.15, -0.1) is 0 Å². The van der Waals surface area contributed by atoms with E-state index in [9.17, 15) is 14.4 Å². The van der Waals surface area contributed by atoms with Gasteiger partial charge in [-0.2, -0.15) is 0 Å². The zero-order valence-corrected chi connectivity index (χ0v) is 17.4. The van der Waals surface area contributed by atoms with Crippen molar-refractivity contribution in [3.63, 3.8) is 0 Å². The molecule has 0 spiro atoms. The summed E-state index contributed by atoms with van der Waals surface area (Å²) in [7, 11) is 0. The number of hydrogen-bond donors (Lipinski definition) is 2. The van der Waals surface area contributed by atoms with Crippen LogP contribution in [0.15, 0.2) is 47.3 Å². The maximum Gasteiger partial charge on any atom is 0.326 e. The molecule has 2 aromatic carbocycles. The first-order chi connectivity index (χ1) is 15.0. The zero-order chi connectivity index (χ0) is 21.5. The number of rotatable bonds is 3. The van der Waals surface area contributed by atoms with E-state index in [2.05, 4.69) is 10.3 Å². The molecule has 0 atom stereocenters. The van der Waals surface area contributed by atoms with E-state index in [0.29, 0.717) is 31.7 Å². The van der Waals surface area contributed by atoms with E-state index >= 15 is 0 Å². The molecule has 2 aliphatic rings. The number of nitrogens with zero attached hydrogens (tertiary/aromatic N) is 3. The van der Waals surface area contributed by atoms with Gasteiger partial charge >= 0.3 is 11.7 Å². The third kappa shape index (κ3) is 3.37. The molecule has 1 aromatic heterocycles. The van der Waals surface area contributed by atoms with E-state index in [-0.39, 0.29) is 23.7 Å². The summed E-state index contributed by atoms with van der Waals surface area (Å²) in [5.41, 5.74) is 4.03. The number of carbonyl (C=O) groups is 2. The fourth-order valence-corrected chi connectivity index (χ4v) is 4.74. The maximum absolute atomic E-state index is 13.1. The third-order valence-corrected chi connectivity index (χ3v) is 6.33. The topological polar surface area (TPSA) is 90.4 Å². The number of likely N-dealkylation sites (tertiary alicyclic amines) is 1. The molecular weight excluding hydrogens is 394 g/mol. The van der Waals surface area contributed by atoms with Gasteiger partial charge in [0, 0.05) is 43.5 Å². The van der Waals surface area contributed by atoms with Gasteiger partial charge in [-0.05, 0) is 55.7 Å². The predicted octanol–water partition coefficient (Wildman–Crippen LogP) is 2.64. The van der Waals surface area contributed by atoms with Gasteiger partial charge in [-0.1, -0.05) is 12.1 Å². The van der Waals surface area contributed by atoms with Crippen molar-refractivity contribution in [3.05, 3.63) is 64.1 Å². The quantitative estimate of drug-likeness (QED) is 0.684. The number of benzene rings is 2. The van der Waals surface area contributed by atoms with Crippen molar-refractivity contribution in [3.8, 4) is 0 Å². The lowest BCUT2D eigenvalue weighted by Crippen LogP contribution is -2.40. The van der Waals surface area contributed by atoms with Crippen molar-refractivity contribution in [1.29, 1.82) is 0 Å². The van der Waals surface area contributed by atoms with Crippen molar-refractivity contribution in [1.82, 2.24) is 19.8 Å². The van der Waals surface area contributed by atoms with E-state index in [1.54, 1.807) is 11.0 Å². The molecule has 3 heterocycles. The molecule has 2 N–H and O–H groups in total. The second-order valence-corrected chi connectivity index (χ2v) is 8.23. The first-order valence-corrected chi connectivity index (χ1v) is 10.7. The molecule has 0 bridgehead atoms. The van der Waals surface area contributed by atoms with Crippen molar-refractivity contribution in [2.75, 3.05) is 31.1 Å². The van der Waals surface area contributed by atoms with Crippen LogP contribution in [0.3, 0.4) is 0 Å². The van der Waals surface area contributed by atoms with E-state index < -0.39 is 0 Å². The van der Waals surface area contributed by atoms with Crippen LogP contribution in [-0.4, -0.2) is 52.6 Å². The Kier molecular flexibility index (Phi) is 4.77. The van der Waals surface area contributed by atoms with Gasteiger partial charge in [-0.25, -0.2) is 9.59 Å². The summed E-state index contributed by atoms with van der Waals surface area (Å²) in [6.45, 7) is 4.39. The first kappa shape index (κ1) is 19.4. The lowest BCUT2D eigenvalue weighted by atomic mass is 10.0. The normalized spacial score (nSPS) is 17.4. The van der Waals surface area contributed by atoms with Gasteiger partial charge in [0.15, 0.2) is 0 Å². The Morgan fingerprint density at radius 2 is 1.81 bits per heavy atom. The van der Waals surface area contributed by atoms with Crippen LogP contribution < -0.4 is 15.9 Å². The van der Waals surface area contributed by atoms with Crippen LogP contribution in [0.4, 0.5) is 10.5 Å². The summed E-state index contributed by atoms with van der Waals surface area (Å²) < 4.78 is 1.83. The second kappa shape index (κ2) is 7.61. The van der Waals surface area contributed by atoms with Crippen molar-refractivity contribution >= 4 is 28.7 Å². The minimum Gasteiger partial charge on any atom is -0.338 e. The Balaban J connectivity index is 1.30. The summed E-state index contributed by atoms with van der Waals surface area (Å²) >= 11 is 0. The van der Waals surface area contributed by atoms with E-state index in [0.717, 1.165) is 35.1 Å². The van der Waals surface area contributed by atoms with E-state index in [1.165, 1.54) is 0 Å². The van der Waals surface area contributed by atoms with Crippen LogP contribution in [0.25, 0.3) is 11.0 Å². The molecule has 0 aliphatic carbocycles. The number of aryl methyl sites for hydroxylation is 1. The molecule has 3 amide bonds. The number of carbonyl (C=O) groups excluding carboxylic acids is 2. The van der Waals surface area contributed by atoms with Gasteiger partial charge in [-0.3, -0.25) is 14.3 Å². The van der Waals surface area contributed by atoms with Crippen LogP contribution >= 0.6 is 0 Å². The summed E-state index contributed by atoms with van der Waals surface area (Å²) in [6.07, 6.45) is 1.47. The van der Waals surface area contributed by atoms with Gasteiger partial charge in [0.1, 0.15) is 0 Å². The number of urea groups is 1.